The predicted octanol–water partition coefficient (Wildman–Crippen LogP) is 3.09. The van der Waals surface area contributed by atoms with E-state index in [0.29, 0.717) is 6.10 Å². The van der Waals surface area contributed by atoms with Crippen LogP contribution in [0.3, 0.4) is 0 Å². The molecular weight excluding hydrogens is 198 g/mol. The van der Waals surface area contributed by atoms with Crippen LogP contribution in [0.1, 0.15) is 46.0 Å². The van der Waals surface area contributed by atoms with Crippen LogP contribution < -0.4 is 5.32 Å². The Kier molecular flexibility index (Phi) is 4.28. The van der Waals surface area contributed by atoms with E-state index in [2.05, 4.69) is 25.2 Å². The average Bonchev–Trinajstić information content (AvgIpc) is 2.32. The van der Waals surface area contributed by atoms with E-state index >= 15 is 0 Å². The molecule has 0 aromatic heterocycles. The highest BCUT2D eigenvalue weighted by molar-refractivity contribution is 4.85. The first-order valence-corrected chi connectivity index (χ1v) is 6.79. The van der Waals surface area contributed by atoms with Crippen molar-refractivity contribution in [3.8, 4) is 0 Å². The summed E-state index contributed by atoms with van der Waals surface area (Å²) in [6, 6.07) is 0.723. The van der Waals surface area contributed by atoms with E-state index in [0.717, 1.165) is 24.4 Å². The van der Waals surface area contributed by atoms with Crippen molar-refractivity contribution >= 4 is 0 Å². The topological polar surface area (TPSA) is 21.3 Å². The molecule has 1 aliphatic carbocycles. The zero-order valence-corrected chi connectivity index (χ0v) is 10.6. The molecule has 0 bridgehead atoms. The standard InChI is InChI=1S/C14H25NO/c1-11-6-7-13(9-12(11)2)15-10-14-5-3-4-8-16-14/h4,8,11-15H,3,5-7,9-10H2,1-2H3. The van der Waals surface area contributed by atoms with Crippen molar-refractivity contribution in [2.45, 2.75) is 58.1 Å². The van der Waals surface area contributed by atoms with Crippen LogP contribution in [0.25, 0.3) is 0 Å². The summed E-state index contributed by atoms with van der Waals surface area (Å²) in [5.74, 6) is 1.78. The second-order valence-electron chi connectivity index (χ2n) is 5.58. The lowest BCUT2D eigenvalue weighted by molar-refractivity contribution is 0.112. The lowest BCUT2D eigenvalue weighted by Crippen LogP contribution is -2.40. The van der Waals surface area contributed by atoms with Gasteiger partial charge in [-0.15, -0.1) is 0 Å². The molecule has 2 aliphatic rings. The Morgan fingerprint density at radius 2 is 2.06 bits per heavy atom. The van der Waals surface area contributed by atoms with Gasteiger partial charge in [0.2, 0.25) is 0 Å². The largest absolute Gasteiger partial charge is 0.497 e. The highest BCUT2D eigenvalue weighted by Gasteiger charge is 2.24. The fraction of sp³-hybridized carbons (Fsp3) is 0.857. The first-order chi connectivity index (χ1) is 7.75. The molecule has 0 radical (unpaired) electrons. The maximum atomic E-state index is 5.57. The van der Waals surface area contributed by atoms with Crippen LogP contribution in [-0.4, -0.2) is 18.7 Å². The van der Waals surface area contributed by atoms with Gasteiger partial charge in [0, 0.05) is 12.6 Å². The minimum Gasteiger partial charge on any atom is -0.497 e. The smallest absolute Gasteiger partial charge is 0.110 e. The Bertz CT molecular complexity index is 239. The van der Waals surface area contributed by atoms with Crippen LogP contribution in [0.4, 0.5) is 0 Å². The van der Waals surface area contributed by atoms with Crippen LogP contribution in [0.15, 0.2) is 12.3 Å². The molecule has 0 saturated heterocycles. The van der Waals surface area contributed by atoms with Crippen molar-refractivity contribution in [3.05, 3.63) is 12.3 Å². The zero-order chi connectivity index (χ0) is 11.4. The van der Waals surface area contributed by atoms with E-state index in [1.54, 1.807) is 0 Å². The van der Waals surface area contributed by atoms with Gasteiger partial charge in [0.1, 0.15) is 6.10 Å². The lowest BCUT2D eigenvalue weighted by Gasteiger charge is -2.33. The van der Waals surface area contributed by atoms with Crippen molar-refractivity contribution in [2.75, 3.05) is 6.54 Å². The molecule has 1 aliphatic heterocycles. The third-order valence-corrected chi connectivity index (χ3v) is 4.25. The third kappa shape index (κ3) is 3.24. The third-order valence-electron chi connectivity index (χ3n) is 4.25. The quantitative estimate of drug-likeness (QED) is 0.794. The van der Waals surface area contributed by atoms with Gasteiger partial charge in [0.25, 0.3) is 0 Å². The second-order valence-corrected chi connectivity index (χ2v) is 5.58. The fourth-order valence-corrected chi connectivity index (χ4v) is 2.77. The number of ether oxygens (including phenoxy) is 1. The van der Waals surface area contributed by atoms with Crippen molar-refractivity contribution < 1.29 is 4.74 Å². The molecule has 1 saturated carbocycles. The molecule has 16 heavy (non-hydrogen) atoms. The van der Waals surface area contributed by atoms with Crippen molar-refractivity contribution in [3.63, 3.8) is 0 Å². The minimum absolute atomic E-state index is 0.402. The average molecular weight is 223 g/mol. The van der Waals surface area contributed by atoms with Gasteiger partial charge in [-0.2, -0.15) is 0 Å². The molecular formula is C14H25NO. The van der Waals surface area contributed by atoms with Crippen LogP contribution in [0, 0.1) is 11.8 Å². The monoisotopic (exact) mass is 223 g/mol. The summed E-state index contributed by atoms with van der Waals surface area (Å²) in [4.78, 5) is 0. The molecule has 0 spiro atoms. The summed E-state index contributed by atoms with van der Waals surface area (Å²) < 4.78 is 5.57. The van der Waals surface area contributed by atoms with E-state index in [-0.39, 0.29) is 0 Å². The molecule has 2 nitrogen and oxygen atoms in total. The Labute approximate surface area is 99.4 Å². The normalized spacial score (nSPS) is 39.4. The number of allylic oxidation sites excluding steroid dienone is 1. The second kappa shape index (κ2) is 5.72. The summed E-state index contributed by atoms with van der Waals surface area (Å²) in [6.07, 6.45) is 10.8. The van der Waals surface area contributed by atoms with Gasteiger partial charge in [-0.3, -0.25) is 0 Å². The Balaban J connectivity index is 1.68. The predicted molar refractivity (Wildman–Crippen MR) is 67.2 cm³/mol. The van der Waals surface area contributed by atoms with Crippen molar-refractivity contribution in [2.24, 2.45) is 11.8 Å². The van der Waals surface area contributed by atoms with E-state index < -0.39 is 0 Å². The maximum Gasteiger partial charge on any atom is 0.110 e. The van der Waals surface area contributed by atoms with E-state index in [1.165, 1.54) is 32.1 Å². The molecule has 1 fully saturated rings. The molecule has 2 rings (SSSR count). The van der Waals surface area contributed by atoms with Crippen LogP contribution in [0.2, 0.25) is 0 Å². The van der Waals surface area contributed by atoms with Gasteiger partial charge in [-0.25, -0.2) is 0 Å². The summed E-state index contributed by atoms with van der Waals surface area (Å²) in [5.41, 5.74) is 0. The molecule has 0 aromatic rings. The highest BCUT2D eigenvalue weighted by atomic mass is 16.5. The maximum absolute atomic E-state index is 5.57. The summed E-state index contributed by atoms with van der Waals surface area (Å²) in [7, 11) is 0. The molecule has 2 heteroatoms. The fourth-order valence-electron chi connectivity index (χ4n) is 2.77. The van der Waals surface area contributed by atoms with Crippen LogP contribution in [0.5, 0.6) is 0 Å². The zero-order valence-electron chi connectivity index (χ0n) is 10.6. The Morgan fingerprint density at radius 3 is 2.75 bits per heavy atom. The number of rotatable bonds is 3. The molecule has 92 valence electrons. The number of hydrogen-bond acceptors (Lipinski definition) is 2. The van der Waals surface area contributed by atoms with Crippen LogP contribution in [-0.2, 0) is 4.74 Å². The van der Waals surface area contributed by atoms with E-state index in [1.807, 2.05) is 6.26 Å². The SMILES string of the molecule is CC1CCC(NCC2CCC=CO2)CC1C. The lowest BCUT2D eigenvalue weighted by atomic mass is 9.79. The summed E-state index contributed by atoms with van der Waals surface area (Å²) >= 11 is 0. The molecule has 1 heterocycles. The summed E-state index contributed by atoms with van der Waals surface area (Å²) in [6.45, 7) is 5.80. The minimum atomic E-state index is 0.402. The Hall–Kier alpha value is -0.500. The molecule has 4 atom stereocenters. The van der Waals surface area contributed by atoms with Crippen molar-refractivity contribution in [1.82, 2.24) is 5.32 Å². The van der Waals surface area contributed by atoms with Gasteiger partial charge in [-0.05, 0) is 50.0 Å². The van der Waals surface area contributed by atoms with Gasteiger partial charge in [0.15, 0.2) is 0 Å². The van der Waals surface area contributed by atoms with Crippen molar-refractivity contribution in [1.29, 1.82) is 0 Å². The molecule has 1 N–H and O–H groups in total. The van der Waals surface area contributed by atoms with Crippen LogP contribution >= 0.6 is 0 Å². The highest BCUT2D eigenvalue weighted by Crippen LogP contribution is 2.29. The molecule has 4 unspecified atom stereocenters. The van der Waals surface area contributed by atoms with Gasteiger partial charge < -0.3 is 10.1 Å². The Morgan fingerprint density at radius 1 is 1.19 bits per heavy atom. The first-order valence-electron chi connectivity index (χ1n) is 6.79. The van der Waals surface area contributed by atoms with Gasteiger partial charge >= 0.3 is 0 Å². The molecule has 0 aromatic carbocycles. The first kappa shape index (κ1) is 12.0. The number of nitrogens with one attached hydrogen (secondary N) is 1. The number of hydrogen-bond donors (Lipinski definition) is 1. The van der Waals surface area contributed by atoms with Gasteiger partial charge in [-0.1, -0.05) is 13.8 Å². The van der Waals surface area contributed by atoms with E-state index in [9.17, 15) is 0 Å². The summed E-state index contributed by atoms with van der Waals surface area (Å²) in [5, 5.41) is 3.68. The molecule has 0 amide bonds. The van der Waals surface area contributed by atoms with E-state index in [4.69, 9.17) is 4.74 Å². The van der Waals surface area contributed by atoms with Gasteiger partial charge in [0.05, 0.1) is 6.26 Å².